The molecule has 0 heterocycles. The fraction of sp³-hybridized carbons (Fsp3) is 0.742. The van der Waals surface area contributed by atoms with Crippen molar-refractivity contribution in [3.05, 3.63) is 23.3 Å². The van der Waals surface area contributed by atoms with Gasteiger partial charge >= 0.3 is 0 Å². The third-order valence-electron chi connectivity index (χ3n) is 12.3. The second-order valence-electron chi connectivity index (χ2n) is 14.7. The van der Waals surface area contributed by atoms with Gasteiger partial charge in [0.05, 0.1) is 5.57 Å². The molecule has 0 bridgehead atoms. The maximum absolute atomic E-state index is 14.3. The summed E-state index contributed by atoms with van der Waals surface area (Å²) in [6.07, 6.45) is 9.56. The predicted molar refractivity (Wildman–Crippen MR) is 140 cm³/mol. The topological polar surface area (TPSA) is 75.0 Å². The van der Waals surface area contributed by atoms with Crippen LogP contribution in [0.2, 0.25) is 0 Å². The molecular formula is C31H40ClNO3. The van der Waals surface area contributed by atoms with Gasteiger partial charge in [0.25, 0.3) is 0 Å². The van der Waals surface area contributed by atoms with Crippen molar-refractivity contribution >= 4 is 28.4 Å². The van der Waals surface area contributed by atoms with Gasteiger partial charge in [0.1, 0.15) is 6.07 Å². The third-order valence-corrected chi connectivity index (χ3v) is 12.6. The Morgan fingerprint density at radius 1 is 1.00 bits per heavy atom. The fourth-order valence-corrected chi connectivity index (χ4v) is 10.3. The molecule has 5 heteroatoms. The Morgan fingerprint density at radius 2 is 1.64 bits per heavy atom. The summed E-state index contributed by atoms with van der Waals surface area (Å²) in [5.41, 5.74) is -1.05. The second-order valence-corrected chi connectivity index (χ2v) is 15.0. The molecule has 0 aliphatic heterocycles. The molecule has 0 aromatic carbocycles. The molecule has 0 amide bonds. The summed E-state index contributed by atoms with van der Waals surface area (Å²) >= 11 is 6.36. The first-order valence-corrected chi connectivity index (χ1v) is 14.0. The van der Waals surface area contributed by atoms with Gasteiger partial charge in [-0.15, -0.1) is 0 Å². The van der Waals surface area contributed by atoms with E-state index in [9.17, 15) is 19.6 Å². The van der Waals surface area contributed by atoms with Gasteiger partial charge in [-0.3, -0.25) is 14.4 Å². The highest BCUT2D eigenvalue weighted by Crippen LogP contribution is 2.74. The zero-order chi connectivity index (χ0) is 26.7. The molecular weight excluding hydrogens is 470 g/mol. The maximum Gasteiger partial charge on any atom is 0.228 e. The van der Waals surface area contributed by atoms with Gasteiger partial charge in [-0.2, -0.15) is 5.26 Å². The van der Waals surface area contributed by atoms with E-state index in [-0.39, 0.29) is 56.4 Å². The highest BCUT2D eigenvalue weighted by Gasteiger charge is 2.70. The van der Waals surface area contributed by atoms with E-state index in [0.717, 1.165) is 50.5 Å². The summed E-state index contributed by atoms with van der Waals surface area (Å²) in [6, 6.07) is 2.16. The number of hydrogen-bond acceptors (Lipinski definition) is 4. The first-order chi connectivity index (χ1) is 16.5. The Bertz CT molecular complexity index is 1190. The number of hydrogen-bond donors (Lipinski definition) is 0. The summed E-state index contributed by atoms with van der Waals surface area (Å²) in [6.45, 7) is 15.2. The molecule has 7 atom stereocenters. The fourth-order valence-electron chi connectivity index (χ4n) is 9.98. The van der Waals surface area contributed by atoms with E-state index >= 15 is 0 Å². The lowest BCUT2D eigenvalue weighted by Gasteiger charge is -2.68. The summed E-state index contributed by atoms with van der Waals surface area (Å²) < 4.78 is 0. The van der Waals surface area contributed by atoms with Crippen LogP contribution in [0.15, 0.2) is 23.3 Å². The standard InChI is InChI=1S/C31H40ClNO3/c1-26(2)10-12-31(25(32)36)13-11-30(7)23(19(31)16-26)20(34)14-22-28(5)15-18(17-33)24(35)27(3,4)21(28)8-9-29(22,30)6/h14-15,19,21,23H,8-13,16H2,1-7H3/t19?,21-,23?,28-,29+,30+,31?/m0/s1. The Morgan fingerprint density at radius 3 is 2.25 bits per heavy atom. The normalized spacial score (nSPS) is 46.7. The number of allylic oxidation sites excluding steroid dienone is 4. The van der Waals surface area contributed by atoms with Crippen molar-refractivity contribution in [3.8, 4) is 6.07 Å². The van der Waals surface area contributed by atoms with Crippen LogP contribution in [-0.2, 0) is 14.4 Å². The Balaban J connectivity index is 1.71. The van der Waals surface area contributed by atoms with Gasteiger partial charge in [0.15, 0.2) is 11.6 Å². The van der Waals surface area contributed by atoms with E-state index < -0.39 is 16.2 Å². The summed E-state index contributed by atoms with van der Waals surface area (Å²) in [5, 5.41) is 9.58. The van der Waals surface area contributed by atoms with E-state index in [1.165, 1.54) is 0 Å². The van der Waals surface area contributed by atoms with Crippen molar-refractivity contribution in [2.75, 3.05) is 0 Å². The van der Waals surface area contributed by atoms with Gasteiger partial charge in [0, 0.05) is 22.2 Å². The summed E-state index contributed by atoms with van der Waals surface area (Å²) in [5.74, 6) is -0.261. The Hall–Kier alpha value is -1.73. The molecule has 0 aromatic heterocycles. The highest BCUT2D eigenvalue weighted by molar-refractivity contribution is 6.64. The van der Waals surface area contributed by atoms with E-state index in [2.05, 4.69) is 40.7 Å². The molecule has 0 radical (unpaired) electrons. The molecule has 5 aliphatic carbocycles. The molecule has 5 aliphatic rings. The molecule has 3 fully saturated rings. The quantitative estimate of drug-likeness (QED) is 0.357. The molecule has 194 valence electrons. The van der Waals surface area contributed by atoms with Gasteiger partial charge in [-0.1, -0.05) is 60.1 Å². The minimum atomic E-state index is -0.669. The summed E-state index contributed by atoms with van der Waals surface area (Å²) in [7, 11) is 0. The lowest BCUT2D eigenvalue weighted by Crippen LogP contribution is -2.65. The largest absolute Gasteiger partial charge is 0.295 e. The summed E-state index contributed by atoms with van der Waals surface area (Å²) in [4.78, 5) is 40.4. The van der Waals surface area contributed by atoms with Gasteiger partial charge in [-0.05, 0) is 90.7 Å². The van der Waals surface area contributed by atoms with Crippen LogP contribution in [0.1, 0.15) is 93.4 Å². The van der Waals surface area contributed by atoms with E-state index in [1.54, 1.807) is 0 Å². The Labute approximate surface area is 220 Å². The van der Waals surface area contributed by atoms with Gasteiger partial charge in [-0.25, -0.2) is 0 Å². The van der Waals surface area contributed by atoms with Gasteiger partial charge < -0.3 is 0 Å². The number of nitrogens with zero attached hydrogens (tertiary/aromatic N) is 1. The van der Waals surface area contributed by atoms with Crippen LogP contribution in [0.3, 0.4) is 0 Å². The number of fused-ring (bicyclic) bond motifs is 7. The van der Waals surface area contributed by atoms with E-state index in [0.29, 0.717) is 0 Å². The van der Waals surface area contributed by atoms with Gasteiger partial charge in [0.2, 0.25) is 5.24 Å². The highest BCUT2D eigenvalue weighted by atomic mass is 35.5. The average Bonchev–Trinajstić information content (AvgIpc) is 2.77. The molecule has 3 unspecified atom stereocenters. The SMILES string of the molecule is CC1(C)CCC2(C(=O)Cl)CC[C@]3(C)C(C(=O)C=C4[C@@]5(C)C=C(C#N)C(=O)C(C)(C)[C@@H]5CC[C@]43C)C2C1. The van der Waals surface area contributed by atoms with Crippen molar-refractivity contribution in [3.63, 3.8) is 0 Å². The molecule has 4 nitrogen and oxygen atoms in total. The zero-order valence-electron chi connectivity index (χ0n) is 22.9. The number of Topliss-reactive ketones (excluding diaryl/α,β-unsaturated/α-hetero) is 1. The minimum absolute atomic E-state index is 0.0302. The predicted octanol–water partition coefficient (Wildman–Crippen LogP) is 6.97. The monoisotopic (exact) mass is 509 g/mol. The average molecular weight is 510 g/mol. The molecule has 36 heavy (non-hydrogen) atoms. The molecule has 3 saturated carbocycles. The van der Waals surface area contributed by atoms with Crippen LogP contribution in [0.4, 0.5) is 0 Å². The first-order valence-electron chi connectivity index (χ1n) is 13.6. The van der Waals surface area contributed by atoms with E-state index in [4.69, 9.17) is 11.6 Å². The van der Waals surface area contributed by atoms with Crippen LogP contribution in [0.25, 0.3) is 0 Å². The first kappa shape index (κ1) is 25.9. The van der Waals surface area contributed by atoms with Crippen LogP contribution in [-0.4, -0.2) is 16.8 Å². The van der Waals surface area contributed by atoms with Crippen molar-refractivity contribution < 1.29 is 14.4 Å². The van der Waals surface area contributed by atoms with E-state index in [1.807, 2.05) is 26.0 Å². The smallest absolute Gasteiger partial charge is 0.228 e. The second kappa shape index (κ2) is 7.43. The zero-order valence-corrected chi connectivity index (χ0v) is 23.6. The number of ketones is 2. The molecule has 0 N–H and O–H groups in total. The lowest BCUT2D eigenvalue weighted by atomic mass is 9.34. The molecule has 0 aromatic rings. The third kappa shape index (κ3) is 2.96. The number of nitriles is 1. The number of halogens is 1. The van der Waals surface area contributed by atoms with Crippen molar-refractivity contribution in [1.82, 2.24) is 0 Å². The molecule has 0 spiro atoms. The molecule has 0 saturated heterocycles. The number of rotatable bonds is 1. The number of carbonyl (C=O) groups is 3. The lowest BCUT2D eigenvalue weighted by molar-refractivity contribution is -0.173. The van der Waals surface area contributed by atoms with Crippen molar-refractivity contribution in [1.29, 1.82) is 5.26 Å². The molecule has 5 rings (SSSR count). The van der Waals surface area contributed by atoms with Crippen molar-refractivity contribution in [2.45, 2.75) is 93.4 Å². The van der Waals surface area contributed by atoms with Crippen LogP contribution in [0, 0.1) is 61.6 Å². The minimum Gasteiger partial charge on any atom is -0.295 e. The van der Waals surface area contributed by atoms with Crippen molar-refractivity contribution in [2.24, 2.45) is 50.2 Å². The Kier molecular flexibility index (Phi) is 5.35. The van der Waals surface area contributed by atoms with Crippen LogP contribution in [0.5, 0.6) is 0 Å². The maximum atomic E-state index is 14.3. The van der Waals surface area contributed by atoms with Crippen LogP contribution >= 0.6 is 11.6 Å². The van der Waals surface area contributed by atoms with Crippen LogP contribution < -0.4 is 0 Å². The number of carbonyl (C=O) groups excluding carboxylic acids is 3.